The van der Waals surface area contributed by atoms with E-state index in [0.717, 1.165) is 37.6 Å². The monoisotopic (exact) mass is 258 g/mol. The first-order valence-electron chi connectivity index (χ1n) is 6.72. The van der Waals surface area contributed by atoms with Crippen molar-refractivity contribution in [3.05, 3.63) is 48.0 Å². The molecule has 2 N–H and O–H groups in total. The van der Waals surface area contributed by atoms with Gasteiger partial charge in [-0.15, -0.1) is 0 Å². The van der Waals surface area contributed by atoms with Crippen LogP contribution in [0.1, 0.15) is 18.3 Å². The first kappa shape index (κ1) is 13.6. The van der Waals surface area contributed by atoms with E-state index in [1.165, 1.54) is 5.56 Å². The molecule has 0 bridgehead atoms. The average molecular weight is 258 g/mol. The molecule has 4 heteroatoms. The fourth-order valence-corrected chi connectivity index (χ4v) is 2.19. The molecular weight excluding hydrogens is 236 g/mol. The van der Waals surface area contributed by atoms with Gasteiger partial charge in [0.1, 0.15) is 5.82 Å². The van der Waals surface area contributed by atoms with Gasteiger partial charge in [0.2, 0.25) is 0 Å². The van der Waals surface area contributed by atoms with Gasteiger partial charge in [-0.1, -0.05) is 19.1 Å². The van der Waals surface area contributed by atoms with Gasteiger partial charge in [-0.05, 0) is 24.2 Å². The molecule has 2 aromatic rings. The summed E-state index contributed by atoms with van der Waals surface area (Å²) in [4.78, 5) is 6.77. The Morgan fingerprint density at radius 1 is 1.37 bits per heavy atom. The Labute approximate surface area is 114 Å². The molecule has 0 aliphatic rings. The molecule has 0 fully saturated rings. The molecule has 1 aromatic carbocycles. The Morgan fingerprint density at radius 3 is 2.84 bits per heavy atom. The van der Waals surface area contributed by atoms with Crippen LogP contribution in [0.2, 0.25) is 0 Å². The maximum atomic E-state index is 5.81. The van der Waals surface area contributed by atoms with Crippen LogP contribution in [0, 0.1) is 0 Å². The fourth-order valence-electron chi connectivity index (χ4n) is 2.19. The van der Waals surface area contributed by atoms with Crippen molar-refractivity contribution in [2.75, 3.05) is 18.8 Å². The second-order valence-corrected chi connectivity index (χ2v) is 4.82. The lowest BCUT2D eigenvalue weighted by atomic mass is 10.2. The Morgan fingerprint density at radius 2 is 2.21 bits per heavy atom. The van der Waals surface area contributed by atoms with Crippen molar-refractivity contribution in [3.63, 3.8) is 0 Å². The van der Waals surface area contributed by atoms with Crippen LogP contribution in [0.4, 0.5) is 5.69 Å². The van der Waals surface area contributed by atoms with Crippen LogP contribution < -0.4 is 5.73 Å². The molecule has 0 spiro atoms. The molecule has 1 heterocycles. The predicted octanol–water partition coefficient (Wildman–Crippen LogP) is 2.07. The van der Waals surface area contributed by atoms with E-state index >= 15 is 0 Å². The number of aromatic nitrogens is 2. The Hall–Kier alpha value is -1.81. The van der Waals surface area contributed by atoms with Crippen LogP contribution in [0.5, 0.6) is 0 Å². The van der Waals surface area contributed by atoms with Crippen LogP contribution >= 0.6 is 0 Å². The minimum atomic E-state index is 0.831. The molecule has 2 rings (SSSR count). The SMILES string of the molecule is CCN(CCc1nccn1C)Cc1cccc(N)c1. The number of imidazole rings is 1. The molecule has 0 aliphatic carbocycles. The molecule has 0 amide bonds. The molecule has 0 aliphatic heterocycles. The summed E-state index contributed by atoms with van der Waals surface area (Å²) < 4.78 is 2.08. The number of rotatable bonds is 6. The molecule has 0 radical (unpaired) electrons. The van der Waals surface area contributed by atoms with Crippen molar-refractivity contribution < 1.29 is 0 Å². The Balaban J connectivity index is 1.92. The van der Waals surface area contributed by atoms with E-state index in [1.54, 1.807) is 0 Å². The third kappa shape index (κ3) is 3.83. The highest BCUT2D eigenvalue weighted by Crippen LogP contribution is 2.10. The van der Waals surface area contributed by atoms with Gasteiger partial charge >= 0.3 is 0 Å². The van der Waals surface area contributed by atoms with Crippen molar-refractivity contribution in [2.45, 2.75) is 19.9 Å². The third-order valence-electron chi connectivity index (χ3n) is 3.38. The molecule has 0 atom stereocenters. The van der Waals surface area contributed by atoms with E-state index in [-0.39, 0.29) is 0 Å². The maximum absolute atomic E-state index is 5.81. The van der Waals surface area contributed by atoms with Gasteiger partial charge < -0.3 is 10.3 Å². The van der Waals surface area contributed by atoms with Crippen molar-refractivity contribution in [3.8, 4) is 0 Å². The second-order valence-electron chi connectivity index (χ2n) is 4.82. The number of nitrogens with two attached hydrogens (primary N) is 1. The van der Waals surface area contributed by atoms with Crippen molar-refractivity contribution >= 4 is 5.69 Å². The average Bonchev–Trinajstić information content (AvgIpc) is 2.80. The highest BCUT2D eigenvalue weighted by Gasteiger charge is 2.06. The zero-order valence-corrected chi connectivity index (χ0v) is 11.7. The molecular formula is C15H22N4. The van der Waals surface area contributed by atoms with E-state index in [0.29, 0.717) is 0 Å². The quantitative estimate of drug-likeness (QED) is 0.807. The van der Waals surface area contributed by atoms with Gasteiger partial charge in [-0.3, -0.25) is 4.90 Å². The summed E-state index contributed by atoms with van der Waals surface area (Å²) in [7, 11) is 2.04. The van der Waals surface area contributed by atoms with Crippen LogP contribution in [0.15, 0.2) is 36.7 Å². The fraction of sp³-hybridized carbons (Fsp3) is 0.400. The number of hydrogen-bond acceptors (Lipinski definition) is 3. The van der Waals surface area contributed by atoms with Gasteiger partial charge in [0.05, 0.1) is 0 Å². The second kappa shape index (κ2) is 6.38. The normalized spacial score (nSPS) is 11.1. The molecule has 19 heavy (non-hydrogen) atoms. The lowest BCUT2D eigenvalue weighted by Crippen LogP contribution is -2.26. The third-order valence-corrected chi connectivity index (χ3v) is 3.38. The summed E-state index contributed by atoms with van der Waals surface area (Å²) in [6.45, 7) is 5.16. The number of hydrogen-bond donors (Lipinski definition) is 1. The predicted molar refractivity (Wildman–Crippen MR) is 78.7 cm³/mol. The van der Waals surface area contributed by atoms with Gasteiger partial charge in [-0.25, -0.2) is 4.98 Å². The van der Waals surface area contributed by atoms with Gasteiger partial charge in [0, 0.05) is 44.6 Å². The number of nitrogens with zero attached hydrogens (tertiary/aromatic N) is 3. The summed E-state index contributed by atoms with van der Waals surface area (Å²) in [6, 6.07) is 8.11. The lowest BCUT2D eigenvalue weighted by Gasteiger charge is -2.20. The van der Waals surface area contributed by atoms with Crippen molar-refractivity contribution in [1.29, 1.82) is 0 Å². The van der Waals surface area contributed by atoms with Gasteiger partial charge in [0.15, 0.2) is 0 Å². The maximum Gasteiger partial charge on any atom is 0.109 e. The largest absolute Gasteiger partial charge is 0.399 e. The molecule has 0 unspecified atom stereocenters. The van der Waals surface area contributed by atoms with E-state index in [1.807, 2.05) is 37.6 Å². The molecule has 4 nitrogen and oxygen atoms in total. The van der Waals surface area contributed by atoms with Crippen LogP contribution in [0.3, 0.4) is 0 Å². The Kier molecular flexibility index (Phi) is 4.58. The standard InChI is InChI=1S/C15H22N4/c1-3-19(9-7-15-17-8-10-18(15)2)12-13-5-4-6-14(16)11-13/h4-6,8,10-11H,3,7,9,12,16H2,1-2H3. The van der Waals surface area contributed by atoms with Crippen LogP contribution in [-0.2, 0) is 20.0 Å². The molecule has 0 saturated heterocycles. The zero-order chi connectivity index (χ0) is 13.7. The first-order valence-corrected chi connectivity index (χ1v) is 6.72. The summed E-state index contributed by atoms with van der Waals surface area (Å²) in [5.74, 6) is 1.13. The summed E-state index contributed by atoms with van der Waals surface area (Å²) in [5, 5.41) is 0. The van der Waals surface area contributed by atoms with Crippen LogP contribution in [0.25, 0.3) is 0 Å². The smallest absolute Gasteiger partial charge is 0.109 e. The van der Waals surface area contributed by atoms with E-state index in [2.05, 4.69) is 27.4 Å². The molecule has 0 saturated carbocycles. The number of likely N-dealkylation sites (N-methyl/N-ethyl adjacent to an activating group) is 1. The molecule has 1 aromatic heterocycles. The van der Waals surface area contributed by atoms with Crippen LogP contribution in [-0.4, -0.2) is 27.5 Å². The minimum absolute atomic E-state index is 0.831. The molecule has 102 valence electrons. The van der Waals surface area contributed by atoms with Gasteiger partial charge in [0.25, 0.3) is 0 Å². The van der Waals surface area contributed by atoms with Gasteiger partial charge in [-0.2, -0.15) is 0 Å². The van der Waals surface area contributed by atoms with E-state index in [4.69, 9.17) is 5.73 Å². The lowest BCUT2D eigenvalue weighted by molar-refractivity contribution is 0.281. The van der Waals surface area contributed by atoms with Crippen molar-refractivity contribution in [1.82, 2.24) is 14.5 Å². The van der Waals surface area contributed by atoms with E-state index in [9.17, 15) is 0 Å². The first-order chi connectivity index (χ1) is 9.19. The Bertz CT molecular complexity index is 518. The topological polar surface area (TPSA) is 47.1 Å². The van der Waals surface area contributed by atoms with Crippen molar-refractivity contribution in [2.24, 2.45) is 7.05 Å². The highest BCUT2D eigenvalue weighted by molar-refractivity contribution is 5.40. The summed E-state index contributed by atoms with van der Waals surface area (Å²) in [5.41, 5.74) is 7.91. The number of benzene rings is 1. The van der Waals surface area contributed by atoms with E-state index < -0.39 is 0 Å². The highest BCUT2D eigenvalue weighted by atomic mass is 15.1. The number of nitrogen functional groups attached to an aromatic ring is 1. The zero-order valence-electron chi connectivity index (χ0n) is 11.7. The number of aryl methyl sites for hydroxylation is 1. The summed E-state index contributed by atoms with van der Waals surface area (Å²) >= 11 is 0. The number of anilines is 1. The summed E-state index contributed by atoms with van der Waals surface area (Å²) in [6.07, 6.45) is 4.81. The minimum Gasteiger partial charge on any atom is -0.399 e.